The third-order valence-corrected chi connectivity index (χ3v) is 7.06. The van der Waals surface area contributed by atoms with Crippen LogP contribution in [0.25, 0.3) is 32.6 Å². The molecule has 9 heteroatoms. The van der Waals surface area contributed by atoms with E-state index in [0.29, 0.717) is 21.4 Å². The van der Waals surface area contributed by atoms with Crippen LogP contribution in [0, 0.1) is 0 Å². The van der Waals surface area contributed by atoms with Gasteiger partial charge >= 0.3 is 5.88 Å². The highest BCUT2D eigenvalue weighted by molar-refractivity contribution is 7.21. The van der Waals surface area contributed by atoms with Crippen molar-refractivity contribution in [1.29, 1.82) is 0 Å². The van der Waals surface area contributed by atoms with E-state index in [1.807, 2.05) is 60.7 Å². The lowest BCUT2D eigenvalue weighted by atomic mass is 9.99. The molecule has 3 heterocycles. The molecular weight excluding hydrogens is 462 g/mol. The number of aromatic nitrogens is 3. The summed E-state index contributed by atoms with van der Waals surface area (Å²) < 4.78 is 12.2. The number of nitrogens with two attached hydrogens (primary N) is 1. The Morgan fingerprint density at radius 3 is 2.63 bits per heavy atom. The molecule has 0 aliphatic heterocycles. The molecule has 0 amide bonds. The molecule has 0 atom stereocenters. The number of thiophene rings is 1. The van der Waals surface area contributed by atoms with E-state index in [9.17, 15) is 5.11 Å². The number of fused-ring (bicyclic) bond motifs is 1. The molecule has 0 unspecified atom stereocenters. The first-order valence-electron chi connectivity index (χ1n) is 11.2. The Balaban J connectivity index is 1.49. The zero-order valence-corrected chi connectivity index (χ0v) is 19.7. The summed E-state index contributed by atoms with van der Waals surface area (Å²) in [5.41, 5.74) is 10.5. The van der Waals surface area contributed by atoms with Crippen LogP contribution in [0.2, 0.25) is 0 Å². The fourth-order valence-electron chi connectivity index (χ4n) is 4.00. The van der Waals surface area contributed by atoms with Crippen molar-refractivity contribution >= 4 is 39.0 Å². The number of pyridine rings is 1. The predicted octanol–water partition coefficient (Wildman–Crippen LogP) is 4.27. The molecule has 2 N–H and O–H groups in total. The summed E-state index contributed by atoms with van der Waals surface area (Å²) >= 11 is 1.23. The number of nitrogen functional groups attached to an aromatic ring is 1. The van der Waals surface area contributed by atoms with E-state index in [1.165, 1.54) is 11.3 Å². The second-order valence-corrected chi connectivity index (χ2v) is 9.34. The highest BCUT2D eigenvalue weighted by atomic mass is 32.1. The number of nitrogens with zero attached hydrogens (tertiary/aromatic N) is 4. The number of ether oxygens (including phenoxy) is 1. The molecule has 0 spiro atoms. The quantitative estimate of drug-likeness (QED) is 0.219. The summed E-state index contributed by atoms with van der Waals surface area (Å²) in [5, 5.41) is 17.8. The van der Waals surface area contributed by atoms with Gasteiger partial charge in [0.15, 0.2) is 6.04 Å². The van der Waals surface area contributed by atoms with Gasteiger partial charge in [-0.3, -0.25) is 4.52 Å². The summed E-state index contributed by atoms with van der Waals surface area (Å²) in [7, 11) is 1.63. The second-order valence-electron chi connectivity index (χ2n) is 8.34. The topological polar surface area (TPSA) is 113 Å². The largest absolute Gasteiger partial charge is 0.857 e. The fourth-order valence-corrected chi connectivity index (χ4v) is 5.00. The number of hydrogen-bond acceptors (Lipinski definition) is 8. The van der Waals surface area contributed by atoms with Gasteiger partial charge in [0.05, 0.1) is 23.4 Å². The normalized spacial score (nSPS) is 13.9. The number of benzene rings is 2. The van der Waals surface area contributed by atoms with Gasteiger partial charge in [-0.1, -0.05) is 30.3 Å². The Morgan fingerprint density at radius 2 is 1.91 bits per heavy atom. The molecular formula is C26H21N5O3S. The fraction of sp³-hybridized carbons (Fsp3) is 0.154. The molecule has 1 aliphatic rings. The lowest BCUT2D eigenvalue weighted by Crippen LogP contribution is -2.32. The summed E-state index contributed by atoms with van der Waals surface area (Å²) in [6.07, 6.45) is 3.76. The first kappa shape index (κ1) is 21.3. The first-order valence-corrected chi connectivity index (χ1v) is 12.0. The van der Waals surface area contributed by atoms with Gasteiger partial charge in [-0.05, 0) is 46.1 Å². The predicted molar refractivity (Wildman–Crippen MR) is 133 cm³/mol. The van der Waals surface area contributed by atoms with Crippen molar-refractivity contribution in [2.24, 2.45) is 4.99 Å². The van der Waals surface area contributed by atoms with Crippen molar-refractivity contribution in [1.82, 2.24) is 10.3 Å². The van der Waals surface area contributed by atoms with Crippen molar-refractivity contribution in [3.8, 4) is 28.1 Å². The standard InChI is InChI=1S/C26H21N5O3S/c1-33-18-11-7-16(8-12-18)20-13-19(15-5-3-2-4-6-15)22-23(27)24(35-26(22)28-20)25(32)29-21-14-31(30-34-21)17-9-10-17/h2-8,11-14,17H,9-10H2,1H3,(H2-,27,29,30,32). The maximum Gasteiger partial charge on any atom is 0.320 e. The summed E-state index contributed by atoms with van der Waals surface area (Å²) in [5.74, 6) is 0.451. The molecule has 5 aromatic rings. The van der Waals surface area contributed by atoms with Crippen LogP contribution in [-0.2, 0) is 0 Å². The van der Waals surface area contributed by atoms with Gasteiger partial charge in [-0.15, -0.1) is 11.3 Å². The van der Waals surface area contributed by atoms with Gasteiger partial charge in [0.2, 0.25) is 5.27 Å². The van der Waals surface area contributed by atoms with Gasteiger partial charge in [0.1, 0.15) is 10.6 Å². The van der Waals surface area contributed by atoms with Crippen LogP contribution in [0.3, 0.4) is 0 Å². The third kappa shape index (κ3) is 4.00. The summed E-state index contributed by atoms with van der Waals surface area (Å²) in [4.78, 5) is 9.97. The van der Waals surface area contributed by atoms with E-state index in [1.54, 1.807) is 18.0 Å². The molecule has 0 bridgehead atoms. The molecule has 1 fully saturated rings. The number of aliphatic imine (C=N–C) groups is 1. The van der Waals surface area contributed by atoms with Crippen molar-refractivity contribution in [3.63, 3.8) is 0 Å². The average Bonchev–Trinajstić information content (AvgIpc) is 3.55. The second kappa shape index (κ2) is 8.52. The van der Waals surface area contributed by atoms with Crippen molar-refractivity contribution in [3.05, 3.63) is 71.7 Å². The van der Waals surface area contributed by atoms with Gasteiger partial charge in [0.25, 0.3) is 6.20 Å². The third-order valence-electron chi connectivity index (χ3n) is 5.97. The maximum atomic E-state index is 13.1. The Bertz CT molecular complexity index is 1550. The molecule has 0 saturated heterocycles. The van der Waals surface area contributed by atoms with Crippen molar-refractivity contribution < 1.29 is 19.0 Å². The van der Waals surface area contributed by atoms with Crippen molar-refractivity contribution in [2.75, 3.05) is 12.8 Å². The summed E-state index contributed by atoms with van der Waals surface area (Å²) in [6, 6.07) is 20.0. The Kier molecular flexibility index (Phi) is 5.18. The number of methoxy groups -OCH3 is 1. The lowest BCUT2D eigenvalue weighted by Gasteiger charge is -2.10. The number of rotatable bonds is 6. The minimum absolute atomic E-state index is 0.161. The SMILES string of the molecule is COc1ccc(-c2cc(-c3ccccc3)c3c(N)c(/C([O-])=N/c4c[n+](C5CC5)no4)sc3n2)cc1. The molecule has 1 saturated carbocycles. The van der Waals surface area contributed by atoms with E-state index in [0.717, 1.165) is 46.4 Å². The Morgan fingerprint density at radius 1 is 1.14 bits per heavy atom. The van der Waals surface area contributed by atoms with Gasteiger partial charge in [-0.25, -0.2) is 9.98 Å². The smallest absolute Gasteiger partial charge is 0.320 e. The molecule has 8 nitrogen and oxygen atoms in total. The van der Waals surface area contributed by atoms with Crippen LogP contribution >= 0.6 is 11.3 Å². The van der Waals surface area contributed by atoms with Crippen LogP contribution in [0.15, 0.2) is 76.4 Å². The van der Waals surface area contributed by atoms with Crippen LogP contribution in [0.1, 0.15) is 23.8 Å². The highest BCUT2D eigenvalue weighted by Gasteiger charge is 2.35. The molecule has 3 aromatic heterocycles. The van der Waals surface area contributed by atoms with Gasteiger partial charge < -0.3 is 15.6 Å². The first-order chi connectivity index (χ1) is 17.1. The molecule has 35 heavy (non-hydrogen) atoms. The van der Waals surface area contributed by atoms with Crippen molar-refractivity contribution in [2.45, 2.75) is 18.9 Å². The minimum Gasteiger partial charge on any atom is -0.857 e. The summed E-state index contributed by atoms with van der Waals surface area (Å²) in [6.45, 7) is 0. The number of anilines is 1. The van der Waals surface area contributed by atoms with Gasteiger partial charge in [0, 0.05) is 29.7 Å². The molecule has 1 aliphatic carbocycles. The van der Waals surface area contributed by atoms with Crippen LogP contribution < -0.4 is 20.3 Å². The number of hydrogen-bond donors (Lipinski definition) is 1. The molecule has 0 radical (unpaired) electrons. The zero-order valence-electron chi connectivity index (χ0n) is 18.8. The van der Waals surface area contributed by atoms with Crippen LogP contribution in [0.5, 0.6) is 5.75 Å². The minimum atomic E-state index is -0.477. The monoisotopic (exact) mass is 483 g/mol. The van der Waals surface area contributed by atoms with E-state index in [2.05, 4.69) is 10.3 Å². The maximum absolute atomic E-state index is 13.1. The van der Waals surface area contributed by atoms with Crippen LogP contribution in [-0.4, -0.2) is 23.3 Å². The highest BCUT2D eigenvalue weighted by Crippen LogP contribution is 2.41. The Labute approximate surface area is 204 Å². The molecule has 6 rings (SSSR count). The average molecular weight is 484 g/mol. The molecule has 2 aromatic carbocycles. The Hall–Kier alpha value is -4.24. The van der Waals surface area contributed by atoms with E-state index >= 15 is 0 Å². The zero-order chi connectivity index (χ0) is 23.9. The van der Waals surface area contributed by atoms with E-state index in [-0.39, 0.29) is 5.88 Å². The lowest BCUT2D eigenvalue weighted by molar-refractivity contribution is -0.765. The van der Waals surface area contributed by atoms with Gasteiger partial charge in [-0.2, -0.15) is 0 Å². The van der Waals surface area contributed by atoms with E-state index < -0.39 is 5.90 Å². The molecule has 174 valence electrons. The van der Waals surface area contributed by atoms with E-state index in [4.69, 9.17) is 20.0 Å². The van der Waals surface area contributed by atoms with Crippen LogP contribution in [0.4, 0.5) is 11.6 Å².